The molecule has 166 valence electrons. The molecule has 5 heteroatoms. The molecule has 0 bridgehead atoms. The van der Waals surface area contributed by atoms with Crippen LogP contribution in [0.1, 0.15) is 61.5 Å². The summed E-state index contributed by atoms with van der Waals surface area (Å²) in [5, 5.41) is 13.6. The number of benzene rings is 2. The fourth-order valence-corrected chi connectivity index (χ4v) is 5.93. The number of aryl methyl sites for hydroxylation is 1. The van der Waals surface area contributed by atoms with Crippen molar-refractivity contribution < 1.29 is 19.4 Å². The highest BCUT2D eigenvalue weighted by Gasteiger charge is 2.53. The zero-order chi connectivity index (χ0) is 22.4. The minimum absolute atomic E-state index is 0.0332. The van der Waals surface area contributed by atoms with Crippen molar-refractivity contribution in [2.24, 2.45) is 11.3 Å². The molecule has 2 aromatic carbocycles. The van der Waals surface area contributed by atoms with Crippen LogP contribution in [0.4, 0.5) is 5.69 Å². The second kappa shape index (κ2) is 7.86. The Bertz CT molecular complexity index is 982. The van der Waals surface area contributed by atoms with Crippen LogP contribution in [0.5, 0.6) is 11.5 Å². The molecular formula is C26H33NO4. The molecule has 2 N–H and O–H groups in total. The number of amides is 1. The van der Waals surface area contributed by atoms with Crippen molar-refractivity contribution in [3.63, 3.8) is 0 Å². The molecular weight excluding hydrogens is 390 g/mol. The lowest BCUT2D eigenvalue weighted by Crippen LogP contribution is -2.53. The lowest BCUT2D eigenvalue weighted by molar-refractivity contribution is -0.0731. The summed E-state index contributed by atoms with van der Waals surface area (Å²) < 4.78 is 10.9. The zero-order valence-electron chi connectivity index (χ0n) is 19.1. The van der Waals surface area contributed by atoms with Gasteiger partial charge in [0.15, 0.2) is 0 Å². The van der Waals surface area contributed by atoms with Gasteiger partial charge in [0.25, 0.3) is 5.91 Å². The second-order valence-corrected chi connectivity index (χ2v) is 9.78. The van der Waals surface area contributed by atoms with E-state index in [4.69, 9.17) is 9.47 Å². The molecule has 0 heterocycles. The average molecular weight is 424 g/mol. The zero-order valence-corrected chi connectivity index (χ0v) is 19.1. The molecule has 0 aliphatic heterocycles. The number of fused-ring (bicyclic) bond motifs is 3. The van der Waals surface area contributed by atoms with E-state index in [1.807, 2.05) is 30.3 Å². The summed E-state index contributed by atoms with van der Waals surface area (Å²) in [6.07, 6.45) is 3.37. The van der Waals surface area contributed by atoms with Crippen molar-refractivity contribution >= 4 is 11.6 Å². The van der Waals surface area contributed by atoms with Gasteiger partial charge in [0, 0.05) is 5.69 Å². The van der Waals surface area contributed by atoms with E-state index >= 15 is 0 Å². The Labute approximate surface area is 184 Å². The molecule has 2 aliphatic rings. The van der Waals surface area contributed by atoms with Crippen LogP contribution in [0.2, 0.25) is 0 Å². The minimum atomic E-state index is -0.274. The number of hydrogen-bond donors (Lipinski definition) is 2. The Kier molecular flexibility index (Phi) is 5.50. The molecule has 0 radical (unpaired) electrons. The summed E-state index contributed by atoms with van der Waals surface area (Å²) in [6, 6.07) is 11.4. The van der Waals surface area contributed by atoms with Crippen LogP contribution >= 0.6 is 0 Å². The van der Waals surface area contributed by atoms with Crippen LogP contribution in [0, 0.1) is 11.3 Å². The summed E-state index contributed by atoms with van der Waals surface area (Å²) in [5.41, 5.74) is 3.57. The topological polar surface area (TPSA) is 67.8 Å². The molecule has 1 saturated carbocycles. The maximum absolute atomic E-state index is 13.1. The summed E-state index contributed by atoms with van der Waals surface area (Å²) in [7, 11) is 3.23. The number of aliphatic hydroxyl groups excluding tert-OH is 1. The van der Waals surface area contributed by atoms with Gasteiger partial charge in [0.1, 0.15) is 11.5 Å². The quantitative estimate of drug-likeness (QED) is 0.730. The van der Waals surface area contributed by atoms with Gasteiger partial charge in [-0.2, -0.15) is 0 Å². The third kappa shape index (κ3) is 3.59. The van der Waals surface area contributed by atoms with Crippen LogP contribution in [-0.2, 0) is 11.8 Å². The van der Waals surface area contributed by atoms with Crippen LogP contribution in [-0.4, -0.2) is 31.3 Å². The number of nitrogens with one attached hydrogen (secondary N) is 1. The first-order chi connectivity index (χ1) is 14.7. The van der Waals surface area contributed by atoms with Crippen molar-refractivity contribution in [1.82, 2.24) is 0 Å². The average Bonchev–Trinajstić information content (AvgIpc) is 2.76. The SMILES string of the molecule is COc1ccc(NC(=O)c2cc3c(cc2OC)[C@@]2(C)CC[C@H](O)C(C)(C)[C@@H]2CC3)cc1. The number of rotatable bonds is 4. The summed E-state index contributed by atoms with van der Waals surface area (Å²) in [5.74, 6) is 1.54. The fraction of sp³-hybridized carbons (Fsp3) is 0.500. The first-order valence-corrected chi connectivity index (χ1v) is 11.1. The van der Waals surface area contributed by atoms with Gasteiger partial charge in [-0.25, -0.2) is 0 Å². The van der Waals surface area contributed by atoms with Gasteiger partial charge in [-0.15, -0.1) is 0 Å². The largest absolute Gasteiger partial charge is 0.497 e. The van der Waals surface area contributed by atoms with E-state index in [9.17, 15) is 9.90 Å². The third-order valence-corrected chi connectivity index (χ3v) is 7.80. The van der Waals surface area contributed by atoms with E-state index < -0.39 is 0 Å². The van der Waals surface area contributed by atoms with Crippen molar-refractivity contribution in [1.29, 1.82) is 0 Å². The maximum atomic E-state index is 13.1. The van der Waals surface area contributed by atoms with Crippen LogP contribution in [0.3, 0.4) is 0 Å². The molecule has 0 unspecified atom stereocenters. The molecule has 1 amide bonds. The van der Waals surface area contributed by atoms with Gasteiger partial charge in [-0.3, -0.25) is 4.79 Å². The first-order valence-electron chi connectivity index (χ1n) is 11.1. The van der Waals surface area contributed by atoms with Crippen LogP contribution in [0.25, 0.3) is 0 Å². The predicted molar refractivity (Wildman–Crippen MR) is 122 cm³/mol. The highest BCUT2D eigenvalue weighted by Crippen LogP contribution is 2.57. The van der Waals surface area contributed by atoms with E-state index in [0.29, 0.717) is 22.9 Å². The number of methoxy groups -OCH3 is 2. The molecule has 5 nitrogen and oxygen atoms in total. The van der Waals surface area contributed by atoms with Gasteiger partial charge in [0.2, 0.25) is 0 Å². The maximum Gasteiger partial charge on any atom is 0.259 e. The summed E-state index contributed by atoms with van der Waals surface area (Å²) >= 11 is 0. The van der Waals surface area contributed by atoms with E-state index in [0.717, 1.165) is 31.4 Å². The van der Waals surface area contributed by atoms with Gasteiger partial charge >= 0.3 is 0 Å². The smallest absolute Gasteiger partial charge is 0.259 e. The fourth-order valence-electron chi connectivity index (χ4n) is 5.93. The molecule has 31 heavy (non-hydrogen) atoms. The van der Waals surface area contributed by atoms with Crippen LogP contribution in [0.15, 0.2) is 36.4 Å². The first kappa shape index (κ1) is 21.7. The van der Waals surface area contributed by atoms with Gasteiger partial charge in [0.05, 0.1) is 25.9 Å². The van der Waals surface area contributed by atoms with Crippen LogP contribution < -0.4 is 14.8 Å². The molecule has 3 atom stereocenters. The monoisotopic (exact) mass is 423 g/mol. The second-order valence-electron chi connectivity index (χ2n) is 9.78. The molecule has 2 aliphatic carbocycles. The van der Waals surface area contributed by atoms with E-state index in [2.05, 4.69) is 32.2 Å². The Balaban J connectivity index is 1.68. The molecule has 2 aromatic rings. The molecule has 4 rings (SSSR count). The Morgan fingerprint density at radius 2 is 1.77 bits per heavy atom. The third-order valence-electron chi connectivity index (χ3n) is 7.80. The van der Waals surface area contributed by atoms with Gasteiger partial charge in [-0.05, 0) is 90.0 Å². The normalized spacial score (nSPS) is 26.4. The van der Waals surface area contributed by atoms with Crippen molar-refractivity contribution in [3.8, 4) is 11.5 Å². The summed E-state index contributed by atoms with van der Waals surface area (Å²) in [4.78, 5) is 13.1. The Morgan fingerprint density at radius 3 is 2.42 bits per heavy atom. The number of aliphatic hydroxyl groups is 1. The van der Waals surface area contributed by atoms with Gasteiger partial charge in [-0.1, -0.05) is 20.8 Å². The van der Waals surface area contributed by atoms with Crippen molar-refractivity contribution in [2.45, 2.75) is 58.0 Å². The number of anilines is 1. The predicted octanol–water partition coefficient (Wildman–Crippen LogP) is 4.96. The van der Waals surface area contributed by atoms with E-state index in [1.54, 1.807) is 14.2 Å². The standard InChI is InChI=1S/C26H33NO4/c1-25(2)22-11-6-16-14-19(24(29)27-17-7-9-18(30-4)10-8-17)21(31-5)15-20(16)26(22,3)13-12-23(25)28/h7-10,14-15,22-23,28H,6,11-13H2,1-5H3,(H,27,29)/t22-,23-,26+/m0/s1. The number of ether oxygens (including phenoxy) is 2. The molecule has 0 spiro atoms. The van der Waals surface area contributed by atoms with Gasteiger partial charge < -0.3 is 19.9 Å². The highest BCUT2D eigenvalue weighted by atomic mass is 16.5. The van der Waals surface area contributed by atoms with Crippen molar-refractivity contribution in [3.05, 3.63) is 53.1 Å². The summed E-state index contributed by atoms with van der Waals surface area (Å²) in [6.45, 7) is 6.71. The highest BCUT2D eigenvalue weighted by molar-refractivity contribution is 6.06. The number of carbonyl (C=O) groups is 1. The lowest BCUT2D eigenvalue weighted by Gasteiger charge is -2.56. The molecule has 0 aromatic heterocycles. The number of carbonyl (C=O) groups excluding carboxylic acids is 1. The van der Waals surface area contributed by atoms with E-state index in [1.165, 1.54) is 11.1 Å². The number of hydrogen-bond acceptors (Lipinski definition) is 4. The Hall–Kier alpha value is -2.53. The lowest BCUT2D eigenvalue weighted by atomic mass is 9.49. The molecule has 0 saturated heterocycles. The molecule has 1 fully saturated rings. The van der Waals surface area contributed by atoms with Crippen molar-refractivity contribution in [2.75, 3.05) is 19.5 Å². The minimum Gasteiger partial charge on any atom is -0.497 e. The van der Waals surface area contributed by atoms with E-state index in [-0.39, 0.29) is 22.8 Å². The Morgan fingerprint density at radius 1 is 1.06 bits per heavy atom.